The van der Waals surface area contributed by atoms with Crippen LogP contribution in [0.15, 0.2) is 60.8 Å². The Balaban J connectivity index is 5.36. The number of phosphoric acid groups is 1. The van der Waals surface area contributed by atoms with E-state index in [1.54, 1.807) is 0 Å². The zero-order valence-electron chi connectivity index (χ0n) is 48.6. The fourth-order valence-corrected chi connectivity index (χ4v) is 9.36. The molecule has 0 aliphatic heterocycles. The molecule has 3 atom stereocenters. The van der Waals surface area contributed by atoms with E-state index < -0.39 is 26.6 Å². The van der Waals surface area contributed by atoms with Gasteiger partial charge in [-0.25, -0.2) is 0 Å². The number of phosphoric ester groups is 1. The summed E-state index contributed by atoms with van der Waals surface area (Å²) in [6.07, 6.45) is 66.0. The number of rotatable bonds is 55. The lowest BCUT2D eigenvalue weighted by molar-refractivity contribution is -0.870. The van der Waals surface area contributed by atoms with Crippen LogP contribution in [0.2, 0.25) is 0 Å². The van der Waals surface area contributed by atoms with Gasteiger partial charge in [-0.15, -0.1) is 0 Å². The molecule has 0 aromatic rings. The number of unbranched alkanes of at least 4 members (excludes halogenated alkanes) is 31. The quantitative estimate of drug-likeness (QED) is 0.0212. The molecule has 0 spiro atoms. The molecule has 0 heterocycles. The molecule has 3 unspecified atom stereocenters. The first-order chi connectivity index (χ1) is 35.4. The summed E-state index contributed by atoms with van der Waals surface area (Å²) in [6.45, 7) is 6.80. The van der Waals surface area contributed by atoms with Crippen molar-refractivity contribution in [3.63, 3.8) is 0 Å². The second-order valence-corrected chi connectivity index (χ2v) is 23.3. The Kier molecular flexibility index (Phi) is 51.5. The van der Waals surface area contributed by atoms with Gasteiger partial charge in [0.15, 0.2) is 0 Å². The minimum Gasteiger partial charge on any atom is -0.756 e. The lowest BCUT2D eigenvalue weighted by Gasteiger charge is -2.30. The average molecular weight is 1050 g/mol. The minimum atomic E-state index is -4.71. The molecule has 9 nitrogen and oxygen atoms in total. The van der Waals surface area contributed by atoms with Crippen LogP contribution in [0.3, 0.4) is 0 Å². The number of allylic oxidation sites excluding steroid dienone is 9. The van der Waals surface area contributed by atoms with Gasteiger partial charge in [0.05, 0.1) is 33.8 Å². The maximum absolute atomic E-state index is 13.5. The zero-order chi connectivity index (χ0) is 53.6. The van der Waals surface area contributed by atoms with Gasteiger partial charge >= 0.3 is 5.97 Å². The second kappa shape index (κ2) is 53.1. The van der Waals surface area contributed by atoms with E-state index in [1.165, 1.54) is 148 Å². The summed E-state index contributed by atoms with van der Waals surface area (Å²) in [5.74, 6) is -0.567. The number of hydrogen-bond donors (Lipinski definition) is 1. The van der Waals surface area contributed by atoms with Crippen LogP contribution < -0.4 is 10.2 Å². The summed E-state index contributed by atoms with van der Waals surface area (Å²) in [7, 11) is 1.17. The van der Waals surface area contributed by atoms with Gasteiger partial charge in [-0.3, -0.25) is 14.2 Å². The third-order valence-electron chi connectivity index (χ3n) is 13.4. The molecule has 73 heavy (non-hydrogen) atoms. The van der Waals surface area contributed by atoms with Gasteiger partial charge in [0.2, 0.25) is 5.91 Å². The number of esters is 1. The Morgan fingerprint density at radius 1 is 0.479 bits per heavy atom. The van der Waals surface area contributed by atoms with E-state index in [1.807, 2.05) is 33.3 Å². The largest absolute Gasteiger partial charge is 0.756 e. The van der Waals surface area contributed by atoms with Crippen molar-refractivity contribution in [1.29, 1.82) is 0 Å². The van der Waals surface area contributed by atoms with Crippen molar-refractivity contribution in [2.45, 2.75) is 290 Å². The summed E-state index contributed by atoms with van der Waals surface area (Å²) in [5, 5.41) is 3.02. The molecule has 0 rings (SSSR count). The number of nitrogens with one attached hydrogen (secondary N) is 1. The standard InChI is InChI=1S/C63H117N2O7P/c1-7-10-13-16-19-22-25-28-30-32-34-37-40-43-46-49-52-55-62(66)64-60(59-71-73(68,69)70-58-57-65(4,5)6)61(54-51-48-45-42-39-36-27-24-21-18-15-12-9-3)72-63(67)56-53-50-47-44-41-38-35-33-31-29-26-23-20-17-14-11-8-2/h19,22,28-31,34,37,51,54,60-61H,7-18,20-21,23-27,32-33,35-36,38-50,52-53,55-59H2,1-6H3,(H-,64,66,68,69)/b22-19-,30-28-,31-29+,37-34-,54-51+. The van der Waals surface area contributed by atoms with Crippen LogP contribution >= 0.6 is 7.82 Å². The number of amides is 1. The third kappa shape index (κ3) is 54.3. The van der Waals surface area contributed by atoms with Gasteiger partial charge in [-0.05, 0) is 96.0 Å². The maximum atomic E-state index is 13.5. The van der Waals surface area contributed by atoms with E-state index in [2.05, 4.69) is 74.7 Å². The molecule has 0 aromatic heterocycles. The number of hydrogen-bond acceptors (Lipinski definition) is 7. The third-order valence-corrected chi connectivity index (χ3v) is 14.4. The van der Waals surface area contributed by atoms with Crippen molar-refractivity contribution in [2.24, 2.45) is 0 Å². The van der Waals surface area contributed by atoms with E-state index >= 15 is 0 Å². The van der Waals surface area contributed by atoms with Gasteiger partial charge in [-0.1, -0.05) is 230 Å². The summed E-state index contributed by atoms with van der Waals surface area (Å²) < 4.78 is 30.3. The Labute approximate surface area is 451 Å². The molecular formula is C63H117N2O7P. The monoisotopic (exact) mass is 1040 g/mol. The highest BCUT2D eigenvalue weighted by atomic mass is 31.2. The van der Waals surface area contributed by atoms with Crippen LogP contribution in [0.5, 0.6) is 0 Å². The molecule has 10 heteroatoms. The first-order valence-corrected chi connectivity index (χ1v) is 32.1. The summed E-state index contributed by atoms with van der Waals surface area (Å²) in [5.41, 5.74) is 0. The molecule has 0 fully saturated rings. The van der Waals surface area contributed by atoms with Gasteiger partial charge in [0.25, 0.3) is 7.82 Å². The predicted molar refractivity (Wildman–Crippen MR) is 312 cm³/mol. The van der Waals surface area contributed by atoms with Crippen molar-refractivity contribution in [2.75, 3.05) is 40.9 Å². The van der Waals surface area contributed by atoms with Gasteiger partial charge in [0.1, 0.15) is 19.3 Å². The number of ether oxygens (including phenoxy) is 1. The maximum Gasteiger partial charge on any atom is 0.306 e. The fourth-order valence-electron chi connectivity index (χ4n) is 8.64. The summed E-state index contributed by atoms with van der Waals surface area (Å²) >= 11 is 0. The molecule has 0 radical (unpaired) electrons. The van der Waals surface area contributed by atoms with Crippen molar-refractivity contribution in [3.05, 3.63) is 60.8 Å². The first-order valence-electron chi connectivity index (χ1n) is 30.6. The van der Waals surface area contributed by atoms with Gasteiger partial charge in [-0.2, -0.15) is 0 Å². The van der Waals surface area contributed by atoms with Crippen LogP contribution in [0, 0.1) is 0 Å². The Hall–Kier alpha value is -2.29. The number of nitrogens with zero attached hydrogens (tertiary/aromatic N) is 1. The van der Waals surface area contributed by atoms with Gasteiger partial charge < -0.3 is 28.5 Å². The lowest BCUT2D eigenvalue weighted by atomic mass is 10.0. The minimum absolute atomic E-state index is 0.0285. The molecule has 0 aliphatic rings. The van der Waals surface area contributed by atoms with E-state index in [0.717, 1.165) is 89.9 Å². The SMILES string of the molecule is CCCCC/C=C\C/C=C\C/C=C\CCCCCCC(=O)NC(COP(=O)([O-])OCC[N+](C)(C)C)C(/C=C/CCCCCCCCCCCCC)OC(=O)CCCCCCCCC/C=C/CCCCCCCC. The van der Waals surface area contributed by atoms with E-state index in [0.29, 0.717) is 17.4 Å². The van der Waals surface area contributed by atoms with Crippen LogP contribution in [0.25, 0.3) is 0 Å². The summed E-state index contributed by atoms with van der Waals surface area (Å²) in [6, 6.07) is -0.902. The molecule has 0 saturated carbocycles. The highest BCUT2D eigenvalue weighted by molar-refractivity contribution is 7.45. The van der Waals surface area contributed by atoms with Crippen molar-refractivity contribution in [3.8, 4) is 0 Å². The molecule has 0 aliphatic carbocycles. The highest BCUT2D eigenvalue weighted by Crippen LogP contribution is 2.38. The molecule has 0 bridgehead atoms. The Morgan fingerprint density at radius 3 is 1.29 bits per heavy atom. The van der Waals surface area contributed by atoms with Crippen LogP contribution in [0.1, 0.15) is 278 Å². The molecule has 0 saturated heterocycles. The van der Waals surface area contributed by atoms with Crippen molar-refractivity contribution in [1.82, 2.24) is 5.32 Å². The van der Waals surface area contributed by atoms with Gasteiger partial charge in [0, 0.05) is 12.8 Å². The normalized spacial score (nSPS) is 14.1. The predicted octanol–water partition coefficient (Wildman–Crippen LogP) is 18.0. The number of quaternary nitrogens is 1. The molecular weight excluding hydrogens is 928 g/mol. The highest BCUT2D eigenvalue weighted by Gasteiger charge is 2.27. The van der Waals surface area contributed by atoms with Crippen LogP contribution in [-0.2, 0) is 27.9 Å². The molecule has 1 N–H and O–H groups in total. The smallest absolute Gasteiger partial charge is 0.306 e. The topological polar surface area (TPSA) is 114 Å². The van der Waals surface area contributed by atoms with Crippen LogP contribution in [-0.4, -0.2) is 69.4 Å². The Bertz CT molecular complexity index is 1440. The second-order valence-electron chi connectivity index (χ2n) is 21.8. The first kappa shape index (κ1) is 70.7. The Morgan fingerprint density at radius 2 is 0.836 bits per heavy atom. The lowest BCUT2D eigenvalue weighted by Crippen LogP contribution is -2.47. The number of likely N-dealkylation sites (N-methyl/N-ethyl adjacent to an activating group) is 1. The zero-order valence-corrected chi connectivity index (χ0v) is 49.5. The fraction of sp³-hybridized carbons (Fsp3) is 0.810. The van der Waals surface area contributed by atoms with Crippen molar-refractivity contribution >= 4 is 19.7 Å². The summed E-state index contributed by atoms with van der Waals surface area (Å²) in [4.78, 5) is 40.0. The van der Waals surface area contributed by atoms with E-state index in [-0.39, 0.29) is 31.3 Å². The van der Waals surface area contributed by atoms with E-state index in [9.17, 15) is 19.0 Å². The number of carbonyl (C=O) groups is 2. The molecule has 1 amide bonds. The van der Waals surface area contributed by atoms with Crippen molar-refractivity contribution < 1.29 is 37.3 Å². The van der Waals surface area contributed by atoms with E-state index in [4.69, 9.17) is 13.8 Å². The average Bonchev–Trinajstić information content (AvgIpc) is 3.35. The van der Waals surface area contributed by atoms with Crippen LogP contribution in [0.4, 0.5) is 0 Å². The molecule has 426 valence electrons. The molecule has 0 aromatic carbocycles. The number of carbonyl (C=O) groups excluding carboxylic acids is 2.